The monoisotopic (exact) mass is 233 g/mol. The van der Waals surface area contributed by atoms with E-state index in [0.29, 0.717) is 17.1 Å². The highest BCUT2D eigenvalue weighted by atomic mass is 16.5. The Bertz CT molecular complexity index is 557. The van der Waals surface area contributed by atoms with Gasteiger partial charge < -0.3 is 15.2 Å². The van der Waals surface area contributed by atoms with Crippen molar-refractivity contribution in [3.8, 4) is 5.75 Å². The van der Waals surface area contributed by atoms with Crippen LogP contribution in [0.2, 0.25) is 0 Å². The number of anilines is 1. The maximum Gasteiger partial charge on any atom is 0.322 e. The van der Waals surface area contributed by atoms with E-state index in [2.05, 4.69) is 15.3 Å². The second kappa shape index (κ2) is 4.65. The number of benzene rings is 1. The SMILES string of the molecule is COc1cccc2c(NCC(=O)O)ncnc12. The lowest BCUT2D eigenvalue weighted by molar-refractivity contribution is -0.134. The van der Waals surface area contributed by atoms with E-state index in [1.165, 1.54) is 6.33 Å². The van der Waals surface area contributed by atoms with Crippen molar-refractivity contribution in [1.82, 2.24) is 9.97 Å². The topological polar surface area (TPSA) is 84.3 Å². The van der Waals surface area contributed by atoms with Crippen LogP contribution >= 0.6 is 0 Å². The number of carbonyl (C=O) groups is 1. The summed E-state index contributed by atoms with van der Waals surface area (Å²) in [5, 5.41) is 12.1. The Morgan fingerprint density at radius 3 is 3.00 bits per heavy atom. The van der Waals surface area contributed by atoms with Crippen LogP contribution in [-0.4, -0.2) is 34.7 Å². The van der Waals surface area contributed by atoms with E-state index in [0.717, 1.165) is 5.39 Å². The molecule has 88 valence electrons. The minimum Gasteiger partial charge on any atom is -0.494 e. The van der Waals surface area contributed by atoms with Gasteiger partial charge in [-0.2, -0.15) is 0 Å². The van der Waals surface area contributed by atoms with Gasteiger partial charge in [-0.1, -0.05) is 6.07 Å². The van der Waals surface area contributed by atoms with Crippen molar-refractivity contribution in [2.45, 2.75) is 0 Å². The van der Waals surface area contributed by atoms with Crippen molar-refractivity contribution in [3.05, 3.63) is 24.5 Å². The molecule has 0 spiro atoms. The number of carboxylic acids is 1. The number of rotatable bonds is 4. The fraction of sp³-hybridized carbons (Fsp3) is 0.182. The highest BCUT2D eigenvalue weighted by Gasteiger charge is 2.08. The van der Waals surface area contributed by atoms with Crippen molar-refractivity contribution in [2.24, 2.45) is 0 Å². The van der Waals surface area contributed by atoms with Crippen molar-refractivity contribution in [3.63, 3.8) is 0 Å². The zero-order valence-electron chi connectivity index (χ0n) is 9.17. The Hall–Kier alpha value is -2.37. The molecule has 0 amide bonds. The molecule has 6 nitrogen and oxygen atoms in total. The van der Waals surface area contributed by atoms with Crippen LogP contribution in [0.4, 0.5) is 5.82 Å². The minimum absolute atomic E-state index is 0.191. The van der Waals surface area contributed by atoms with Crippen LogP contribution in [-0.2, 0) is 4.79 Å². The molecule has 6 heteroatoms. The van der Waals surface area contributed by atoms with Crippen LogP contribution in [0, 0.1) is 0 Å². The maximum atomic E-state index is 10.5. The van der Waals surface area contributed by atoms with Crippen LogP contribution in [0.25, 0.3) is 10.9 Å². The van der Waals surface area contributed by atoms with E-state index in [-0.39, 0.29) is 6.54 Å². The first kappa shape index (κ1) is 11.1. The average Bonchev–Trinajstić information content (AvgIpc) is 2.35. The molecule has 0 atom stereocenters. The molecule has 1 aromatic heterocycles. The van der Waals surface area contributed by atoms with Crippen molar-refractivity contribution >= 4 is 22.7 Å². The Kier molecular flexibility index (Phi) is 3.04. The molecule has 17 heavy (non-hydrogen) atoms. The summed E-state index contributed by atoms with van der Waals surface area (Å²) in [5.74, 6) is 0.166. The standard InChI is InChI=1S/C11H11N3O3/c1-17-8-4-2-3-7-10(8)13-6-14-11(7)12-5-9(15)16/h2-4,6H,5H2,1H3,(H,15,16)(H,12,13,14). The van der Waals surface area contributed by atoms with Gasteiger partial charge in [0.05, 0.1) is 7.11 Å². The Morgan fingerprint density at radius 1 is 1.47 bits per heavy atom. The summed E-state index contributed by atoms with van der Waals surface area (Å²) in [6.45, 7) is -0.191. The third kappa shape index (κ3) is 2.25. The van der Waals surface area contributed by atoms with Crippen LogP contribution in [0.5, 0.6) is 5.75 Å². The summed E-state index contributed by atoms with van der Waals surface area (Å²) >= 11 is 0. The van der Waals surface area contributed by atoms with Gasteiger partial charge in [-0.05, 0) is 12.1 Å². The second-order valence-corrected chi connectivity index (χ2v) is 3.33. The number of ether oxygens (including phenoxy) is 1. The normalized spacial score (nSPS) is 10.2. The van der Waals surface area contributed by atoms with Crippen molar-refractivity contribution < 1.29 is 14.6 Å². The molecule has 0 aliphatic heterocycles. The molecule has 0 radical (unpaired) electrons. The number of hydrogen-bond donors (Lipinski definition) is 2. The number of nitrogens with one attached hydrogen (secondary N) is 1. The highest BCUT2D eigenvalue weighted by Crippen LogP contribution is 2.26. The predicted octanol–water partition coefficient (Wildman–Crippen LogP) is 1.13. The van der Waals surface area contributed by atoms with Crippen molar-refractivity contribution in [1.29, 1.82) is 0 Å². The van der Waals surface area contributed by atoms with E-state index < -0.39 is 5.97 Å². The zero-order chi connectivity index (χ0) is 12.3. The van der Waals surface area contributed by atoms with Gasteiger partial charge >= 0.3 is 5.97 Å². The number of hydrogen-bond acceptors (Lipinski definition) is 5. The molecule has 2 rings (SSSR count). The first-order chi connectivity index (χ1) is 8.22. The lowest BCUT2D eigenvalue weighted by Crippen LogP contribution is -2.13. The van der Waals surface area contributed by atoms with Gasteiger partial charge in [0, 0.05) is 5.39 Å². The van der Waals surface area contributed by atoms with Crippen LogP contribution in [0.15, 0.2) is 24.5 Å². The summed E-state index contributed by atoms with van der Waals surface area (Å²) in [5.41, 5.74) is 0.651. The summed E-state index contributed by atoms with van der Waals surface area (Å²) in [6.07, 6.45) is 1.37. The van der Waals surface area contributed by atoms with Crippen LogP contribution in [0.3, 0.4) is 0 Å². The molecule has 2 N–H and O–H groups in total. The Labute approximate surface area is 97.3 Å². The fourth-order valence-electron chi connectivity index (χ4n) is 1.53. The fourth-order valence-corrected chi connectivity index (χ4v) is 1.53. The molecular weight excluding hydrogens is 222 g/mol. The third-order valence-corrected chi connectivity index (χ3v) is 2.25. The molecule has 2 aromatic rings. The average molecular weight is 233 g/mol. The zero-order valence-corrected chi connectivity index (χ0v) is 9.17. The minimum atomic E-state index is -0.945. The largest absolute Gasteiger partial charge is 0.494 e. The smallest absolute Gasteiger partial charge is 0.322 e. The molecule has 0 aliphatic rings. The van der Waals surface area contributed by atoms with E-state index in [1.807, 2.05) is 6.07 Å². The number of fused-ring (bicyclic) bond motifs is 1. The number of para-hydroxylation sites is 1. The van der Waals surface area contributed by atoms with Crippen molar-refractivity contribution in [2.75, 3.05) is 19.0 Å². The Balaban J connectivity index is 2.46. The number of methoxy groups -OCH3 is 1. The number of aliphatic carboxylic acids is 1. The second-order valence-electron chi connectivity index (χ2n) is 3.33. The summed E-state index contributed by atoms with van der Waals surface area (Å²) in [7, 11) is 1.56. The molecule has 1 aromatic carbocycles. The number of nitrogens with zero attached hydrogens (tertiary/aromatic N) is 2. The number of aromatic nitrogens is 2. The summed E-state index contributed by atoms with van der Waals surface area (Å²) in [6, 6.07) is 5.40. The van der Waals surface area contributed by atoms with E-state index >= 15 is 0 Å². The van der Waals surface area contributed by atoms with E-state index in [9.17, 15) is 4.79 Å². The molecule has 0 bridgehead atoms. The first-order valence-electron chi connectivity index (χ1n) is 4.95. The van der Waals surface area contributed by atoms with Gasteiger partial charge in [-0.25, -0.2) is 9.97 Å². The third-order valence-electron chi connectivity index (χ3n) is 2.25. The van der Waals surface area contributed by atoms with E-state index in [4.69, 9.17) is 9.84 Å². The molecule has 1 heterocycles. The van der Waals surface area contributed by atoms with Gasteiger partial charge in [-0.3, -0.25) is 4.79 Å². The van der Waals surface area contributed by atoms with Gasteiger partial charge in [0.25, 0.3) is 0 Å². The Morgan fingerprint density at radius 2 is 2.29 bits per heavy atom. The summed E-state index contributed by atoms with van der Waals surface area (Å²) < 4.78 is 5.17. The lowest BCUT2D eigenvalue weighted by Gasteiger charge is -2.08. The van der Waals surface area contributed by atoms with Gasteiger partial charge in [-0.15, -0.1) is 0 Å². The molecular formula is C11H11N3O3. The highest BCUT2D eigenvalue weighted by molar-refractivity contribution is 5.93. The van der Waals surface area contributed by atoms with Crippen LogP contribution < -0.4 is 10.1 Å². The molecule has 0 saturated heterocycles. The molecule has 0 saturated carbocycles. The molecule has 0 aliphatic carbocycles. The van der Waals surface area contributed by atoms with Gasteiger partial charge in [0.1, 0.15) is 30.0 Å². The lowest BCUT2D eigenvalue weighted by atomic mass is 10.2. The predicted molar refractivity (Wildman–Crippen MR) is 62.2 cm³/mol. The first-order valence-corrected chi connectivity index (χ1v) is 4.95. The van der Waals surface area contributed by atoms with Gasteiger partial charge in [0.15, 0.2) is 0 Å². The number of carboxylic acid groups (broad SMARTS) is 1. The van der Waals surface area contributed by atoms with E-state index in [1.54, 1.807) is 19.2 Å². The molecule has 0 fully saturated rings. The molecule has 0 unspecified atom stereocenters. The maximum absolute atomic E-state index is 10.5. The quantitative estimate of drug-likeness (QED) is 0.823. The van der Waals surface area contributed by atoms with Gasteiger partial charge in [0.2, 0.25) is 0 Å². The van der Waals surface area contributed by atoms with Crippen LogP contribution in [0.1, 0.15) is 0 Å². The summed E-state index contributed by atoms with van der Waals surface area (Å²) in [4.78, 5) is 18.6.